The number of nitrogens with one attached hydrogen (secondary N) is 2. The van der Waals surface area contributed by atoms with E-state index in [1.807, 2.05) is 0 Å². The summed E-state index contributed by atoms with van der Waals surface area (Å²) in [7, 11) is 1.58. The van der Waals surface area contributed by atoms with Crippen molar-refractivity contribution in [1.29, 1.82) is 0 Å². The molecule has 1 heterocycles. The first-order valence-corrected chi connectivity index (χ1v) is 5.42. The van der Waals surface area contributed by atoms with Crippen LogP contribution in [0.25, 0.3) is 0 Å². The Labute approximate surface area is 104 Å². The van der Waals surface area contributed by atoms with Crippen molar-refractivity contribution in [2.24, 2.45) is 0 Å². The second kappa shape index (κ2) is 7.46. The van der Waals surface area contributed by atoms with Crippen LogP contribution in [0.4, 0.5) is 0 Å². The van der Waals surface area contributed by atoms with E-state index in [9.17, 15) is 9.59 Å². The highest BCUT2D eigenvalue weighted by atomic mass is 16.5. The van der Waals surface area contributed by atoms with Crippen molar-refractivity contribution in [1.82, 2.24) is 10.6 Å². The van der Waals surface area contributed by atoms with Crippen LogP contribution in [0, 0.1) is 0 Å². The fourth-order valence-corrected chi connectivity index (χ4v) is 1.21. The van der Waals surface area contributed by atoms with Crippen LogP contribution in [0.2, 0.25) is 0 Å². The van der Waals surface area contributed by atoms with Crippen LogP contribution in [0.15, 0.2) is 16.5 Å². The quantitative estimate of drug-likeness (QED) is 0.558. The molecule has 0 saturated carbocycles. The minimum atomic E-state index is -1.13. The molecule has 3 N–H and O–H groups in total. The summed E-state index contributed by atoms with van der Waals surface area (Å²) in [4.78, 5) is 21.9. The van der Waals surface area contributed by atoms with E-state index in [-0.39, 0.29) is 24.8 Å². The van der Waals surface area contributed by atoms with Crippen LogP contribution in [0.1, 0.15) is 16.3 Å². The van der Waals surface area contributed by atoms with E-state index in [2.05, 4.69) is 10.6 Å². The third-order valence-corrected chi connectivity index (χ3v) is 2.10. The van der Waals surface area contributed by atoms with Crippen LogP contribution in [-0.4, -0.2) is 43.8 Å². The van der Waals surface area contributed by atoms with Crippen LogP contribution < -0.4 is 10.6 Å². The summed E-state index contributed by atoms with van der Waals surface area (Å²) in [5, 5.41) is 14.1. The lowest BCUT2D eigenvalue weighted by Crippen LogP contribution is -2.34. The highest BCUT2D eigenvalue weighted by Crippen LogP contribution is 2.07. The molecule has 0 aromatic carbocycles. The van der Waals surface area contributed by atoms with Gasteiger partial charge in [0.05, 0.1) is 19.7 Å². The van der Waals surface area contributed by atoms with E-state index < -0.39 is 5.97 Å². The van der Waals surface area contributed by atoms with Crippen molar-refractivity contribution < 1.29 is 23.8 Å². The number of carbonyl (C=O) groups excluding carboxylic acids is 1. The average Bonchev–Trinajstić information content (AvgIpc) is 2.81. The summed E-state index contributed by atoms with van der Waals surface area (Å²) in [6.45, 7) is 1.47. The molecule has 1 rings (SSSR count). The molecule has 0 aliphatic carbocycles. The molecule has 0 atom stereocenters. The Kier molecular flexibility index (Phi) is 5.89. The predicted octanol–water partition coefficient (Wildman–Crippen LogP) is -0.170. The first-order valence-electron chi connectivity index (χ1n) is 5.42. The number of furan rings is 1. The average molecular weight is 256 g/mol. The standard InChI is InChI=1S/C11H16N2O5/c1-17-5-4-12-7-10(14)13-6-8-2-3-9(18-8)11(15)16/h2-3,12H,4-7H2,1H3,(H,13,14)(H,15,16). The number of ether oxygens (including phenoxy) is 1. The monoisotopic (exact) mass is 256 g/mol. The second-order valence-electron chi connectivity index (χ2n) is 3.52. The van der Waals surface area contributed by atoms with Crippen molar-refractivity contribution in [2.75, 3.05) is 26.8 Å². The minimum Gasteiger partial charge on any atom is -0.475 e. The van der Waals surface area contributed by atoms with Gasteiger partial charge in [0.1, 0.15) is 5.76 Å². The van der Waals surface area contributed by atoms with Gasteiger partial charge in [0, 0.05) is 13.7 Å². The molecule has 7 heteroatoms. The number of aromatic carboxylic acids is 1. The zero-order valence-electron chi connectivity index (χ0n) is 10.1. The molecular weight excluding hydrogens is 240 g/mol. The molecule has 0 saturated heterocycles. The number of amides is 1. The van der Waals surface area contributed by atoms with Gasteiger partial charge in [-0.05, 0) is 12.1 Å². The maximum atomic E-state index is 11.3. The lowest BCUT2D eigenvalue weighted by Gasteiger charge is -2.04. The summed E-state index contributed by atoms with van der Waals surface area (Å²) < 4.78 is 9.80. The predicted molar refractivity (Wildman–Crippen MR) is 62.3 cm³/mol. The highest BCUT2D eigenvalue weighted by molar-refractivity contribution is 5.84. The number of hydrogen-bond acceptors (Lipinski definition) is 5. The fourth-order valence-electron chi connectivity index (χ4n) is 1.21. The summed E-state index contributed by atoms with van der Waals surface area (Å²) in [6.07, 6.45) is 0. The second-order valence-corrected chi connectivity index (χ2v) is 3.52. The molecule has 0 fully saturated rings. The number of methoxy groups -OCH3 is 1. The van der Waals surface area contributed by atoms with Gasteiger partial charge in [-0.1, -0.05) is 0 Å². The Hall–Kier alpha value is -1.86. The Bertz CT molecular complexity index is 402. The molecule has 0 spiro atoms. The lowest BCUT2D eigenvalue weighted by molar-refractivity contribution is -0.120. The molecule has 18 heavy (non-hydrogen) atoms. The van der Waals surface area contributed by atoms with Crippen molar-refractivity contribution in [3.8, 4) is 0 Å². The number of carboxylic acids is 1. The summed E-state index contributed by atoms with van der Waals surface area (Å²) in [6, 6.07) is 2.86. The third kappa shape index (κ3) is 4.98. The molecule has 1 amide bonds. The topological polar surface area (TPSA) is 101 Å². The summed E-state index contributed by atoms with van der Waals surface area (Å²) in [5.74, 6) is -1.07. The Morgan fingerprint density at radius 1 is 1.44 bits per heavy atom. The van der Waals surface area contributed by atoms with Gasteiger partial charge in [0.15, 0.2) is 0 Å². The first-order chi connectivity index (χ1) is 8.63. The summed E-state index contributed by atoms with van der Waals surface area (Å²) >= 11 is 0. The molecule has 7 nitrogen and oxygen atoms in total. The van der Waals surface area contributed by atoms with Crippen LogP contribution in [0.3, 0.4) is 0 Å². The maximum Gasteiger partial charge on any atom is 0.371 e. The number of hydrogen-bond donors (Lipinski definition) is 3. The third-order valence-electron chi connectivity index (χ3n) is 2.10. The molecule has 0 bridgehead atoms. The van der Waals surface area contributed by atoms with Gasteiger partial charge in [0.25, 0.3) is 0 Å². The largest absolute Gasteiger partial charge is 0.475 e. The Morgan fingerprint density at radius 3 is 2.83 bits per heavy atom. The summed E-state index contributed by atoms with van der Waals surface area (Å²) in [5.41, 5.74) is 0. The van der Waals surface area contributed by atoms with Crippen molar-refractivity contribution in [3.05, 3.63) is 23.7 Å². The number of rotatable bonds is 8. The van der Waals surface area contributed by atoms with Crippen LogP contribution >= 0.6 is 0 Å². The van der Waals surface area contributed by atoms with Crippen LogP contribution in [0.5, 0.6) is 0 Å². The fraction of sp³-hybridized carbons (Fsp3) is 0.455. The lowest BCUT2D eigenvalue weighted by atomic mass is 10.4. The molecule has 0 radical (unpaired) electrons. The maximum absolute atomic E-state index is 11.3. The smallest absolute Gasteiger partial charge is 0.371 e. The van der Waals surface area contributed by atoms with E-state index in [1.165, 1.54) is 12.1 Å². The molecule has 100 valence electrons. The van der Waals surface area contributed by atoms with Gasteiger partial charge in [-0.25, -0.2) is 4.79 Å². The number of carboxylic acid groups (broad SMARTS) is 1. The normalized spacial score (nSPS) is 10.3. The molecule has 0 aliphatic heterocycles. The van der Waals surface area contributed by atoms with Gasteiger partial charge in [-0.2, -0.15) is 0 Å². The minimum absolute atomic E-state index is 0.141. The van der Waals surface area contributed by atoms with Crippen molar-refractivity contribution in [2.45, 2.75) is 6.54 Å². The zero-order chi connectivity index (χ0) is 13.4. The van der Waals surface area contributed by atoms with E-state index in [0.29, 0.717) is 18.9 Å². The molecule has 1 aromatic rings. The SMILES string of the molecule is COCCNCC(=O)NCc1ccc(C(=O)O)o1. The van der Waals surface area contributed by atoms with E-state index >= 15 is 0 Å². The first kappa shape index (κ1) is 14.2. The Morgan fingerprint density at radius 2 is 2.22 bits per heavy atom. The molecular formula is C11H16N2O5. The van der Waals surface area contributed by atoms with Gasteiger partial charge in [0.2, 0.25) is 11.7 Å². The van der Waals surface area contributed by atoms with Gasteiger partial charge < -0.3 is 24.9 Å². The zero-order valence-corrected chi connectivity index (χ0v) is 10.1. The van der Waals surface area contributed by atoms with Crippen molar-refractivity contribution in [3.63, 3.8) is 0 Å². The molecule has 0 aliphatic rings. The van der Waals surface area contributed by atoms with Gasteiger partial charge in [-0.15, -0.1) is 0 Å². The van der Waals surface area contributed by atoms with E-state index in [1.54, 1.807) is 7.11 Å². The van der Waals surface area contributed by atoms with Gasteiger partial charge in [-0.3, -0.25) is 4.79 Å². The van der Waals surface area contributed by atoms with E-state index in [4.69, 9.17) is 14.3 Å². The Balaban J connectivity index is 2.23. The van der Waals surface area contributed by atoms with Gasteiger partial charge >= 0.3 is 5.97 Å². The highest BCUT2D eigenvalue weighted by Gasteiger charge is 2.09. The van der Waals surface area contributed by atoms with Crippen LogP contribution in [-0.2, 0) is 16.1 Å². The molecule has 1 aromatic heterocycles. The number of carbonyl (C=O) groups is 2. The van der Waals surface area contributed by atoms with E-state index in [0.717, 1.165) is 0 Å². The molecule has 0 unspecified atom stereocenters. The van der Waals surface area contributed by atoms with Crippen molar-refractivity contribution >= 4 is 11.9 Å².